The second-order valence-corrected chi connectivity index (χ2v) is 9.11. The van der Waals surface area contributed by atoms with E-state index >= 15 is 0 Å². The third kappa shape index (κ3) is 6.79. The minimum absolute atomic E-state index is 0.0683. The van der Waals surface area contributed by atoms with Crippen molar-refractivity contribution in [3.05, 3.63) is 60.2 Å². The van der Waals surface area contributed by atoms with Crippen LogP contribution in [0.15, 0.2) is 53.7 Å². The van der Waals surface area contributed by atoms with Gasteiger partial charge in [0.15, 0.2) is 0 Å². The number of halogens is 1. The minimum Gasteiger partial charge on any atom is -0.394 e. The maximum atomic E-state index is 13.1. The van der Waals surface area contributed by atoms with Crippen molar-refractivity contribution in [2.75, 3.05) is 13.2 Å². The summed E-state index contributed by atoms with van der Waals surface area (Å²) in [5.74, 6) is -0.698. The van der Waals surface area contributed by atoms with Crippen molar-refractivity contribution in [3.8, 4) is 0 Å². The molecule has 0 unspecified atom stereocenters. The summed E-state index contributed by atoms with van der Waals surface area (Å²) in [6.07, 6.45) is 3.89. The highest BCUT2D eigenvalue weighted by molar-refractivity contribution is 7.89. The van der Waals surface area contributed by atoms with Gasteiger partial charge in [-0.2, -0.15) is 0 Å². The molecule has 0 spiro atoms. The summed E-state index contributed by atoms with van der Waals surface area (Å²) in [7, 11) is -3.89. The quantitative estimate of drug-likeness (QED) is 0.527. The van der Waals surface area contributed by atoms with E-state index in [4.69, 9.17) is 4.74 Å². The van der Waals surface area contributed by atoms with Gasteiger partial charge in [-0.3, -0.25) is 9.78 Å². The molecule has 0 saturated carbocycles. The van der Waals surface area contributed by atoms with Crippen LogP contribution in [0.2, 0.25) is 0 Å². The zero-order chi connectivity index (χ0) is 22.3. The van der Waals surface area contributed by atoms with Crippen molar-refractivity contribution in [1.82, 2.24) is 15.0 Å². The van der Waals surface area contributed by atoms with E-state index in [1.807, 2.05) is 12.1 Å². The van der Waals surface area contributed by atoms with Crippen LogP contribution in [0, 0.1) is 5.82 Å². The van der Waals surface area contributed by atoms with Crippen LogP contribution in [0.25, 0.3) is 0 Å². The highest BCUT2D eigenvalue weighted by Gasteiger charge is 2.34. The van der Waals surface area contributed by atoms with Crippen LogP contribution >= 0.6 is 0 Å². The summed E-state index contributed by atoms with van der Waals surface area (Å²) >= 11 is 0. The van der Waals surface area contributed by atoms with E-state index in [0.717, 1.165) is 17.7 Å². The van der Waals surface area contributed by atoms with Crippen LogP contribution in [-0.4, -0.2) is 55.8 Å². The van der Waals surface area contributed by atoms with E-state index in [1.54, 1.807) is 12.4 Å². The van der Waals surface area contributed by atoms with Gasteiger partial charge in [0, 0.05) is 18.9 Å². The molecule has 1 aromatic carbocycles. The Hall–Kier alpha value is -2.40. The number of sulfonamides is 1. The van der Waals surface area contributed by atoms with Crippen molar-refractivity contribution in [2.45, 2.75) is 48.8 Å². The number of nitrogens with one attached hydrogen (secondary N) is 2. The van der Waals surface area contributed by atoms with E-state index in [9.17, 15) is 22.7 Å². The smallest absolute Gasteiger partial charge is 0.240 e. The lowest BCUT2D eigenvalue weighted by Crippen LogP contribution is -2.51. The van der Waals surface area contributed by atoms with Crippen molar-refractivity contribution >= 4 is 15.9 Å². The first-order valence-corrected chi connectivity index (χ1v) is 11.6. The van der Waals surface area contributed by atoms with Crippen LogP contribution < -0.4 is 10.0 Å². The number of aliphatic hydroxyl groups excluding tert-OH is 1. The molecule has 1 saturated heterocycles. The number of ether oxygens (including phenoxy) is 1. The lowest BCUT2D eigenvalue weighted by atomic mass is 9.98. The Morgan fingerprint density at radius 2 is 1.87 bits per heavy atom. The summed E-state index contributed by atoms with van der Waals surface area (Å²) in [4.78, 5) is 16.1. The van der Waals surface area contributed by atoms with Crippen molar-refractivity contribution in [2.24, 2.45) is 0 Å². The summed E-state index contributed by atoms with van der Waals surface area (Å²) < 4.78 is 46.4. The van der Waals surface area contributed by atoms with Gasteiger partial charge in [-0.05, 0) is 61.2 Å². The van der Waals surface area contributed by atoms with Gasteiger partial charge in [0.1, 0.15) is 5.82 Å². The zero-order valence-corrected chi connectivity index (χ0v) is 17.7. The van der Waals surface area contributed by atoms with Crippen molar-refractivity contribution in [1.29, 1.82) is 0 Å². The maximum absolute atomic E-state index is 13.1. The summed E-state index contributed by atoms with van der Waals surface area (Å²) in [5.41, 5.74) is 1.07. The van der Waals surface area contributed by atoms with Crippen LogP contribution in [0.4, 0.5) is 4.39 Å². The van der Waals surface area contributed by atoms with Crippen LogP contribution in [-0.2, 0) is 26.0 Å². The van der Waals surface area contributed by atoms with Gasteiger partial charge in [-0.15, -0.1) is 0 Å². The molecule has 10 heteroatoms. The fraction of sp³-hybridized carbons (Fsp3) is 0.429. The van der Waals surface area contributed by atoms with E-state index in [0.29, 0.717) is 25.8 Å². The number of carbonyl (C=O) groups excluding carboxylic acids is 1. The van der Waals surface area contributed by atoms with Crippen LogP contribution in [0.3, 0.4) is 0 Å². The molecule has 168 valence electrons. The number of hydrogen-bond donors (Lipinski definition) is 3. The normalized spacial score (nSPS) is 21.5. The van der Waals surface area contributed by atoms with Crippen LogP contribution in [0.5, 0.6) is 0 Å². The molecule has 0 aliphatic carbocycles. The van der Waals surface area contributed by atoms with Gasteiger partial charge < -0.3 is 15.2 Å². The standard InChI is InChI=1S/C21H26FN3O5S/c22-16-1-4-18(5-2-16)31(28,29)25-19-6-3-17(30-20(19)14-26)13-21(27)24-12-9-15-7-10-23-11-8-15/h1-2,4-5,7-8,10-11,17,19-20,25-26H,3,6,9,12-14H2,(H,24,27)/t17-,19+,20+/m1/s1. The van der Waals surface area contributed by atoms with Gasteiger partial charge in [-0.25, -0.2) is 17.5 Å². The topological polar surface area (TPSA) is 118 Å². The van der Waals surface area contributed by atoms with Gasteiger partial charge in [-0.1, -0.05) is 0 Å². The van der Waals surface area contributed by atoms with Crippen LogP contribution in [0.1, 0.15) is 24.8 Å². The maximum Gasteiger partial charge on any atom is 0.240 e. The molecule has 1 aliphatic rings. The molecule has 1 aliphatic heterocycles. The Kier molecular flexibility index (Phi) is 8.08. The lowest BCUT2D eigenvalue weighted by Gasteiger charge is -2.35. The Labute approximate surface area is 180 Å². The number of carbonyl (C=O) groups is 1. The molecular formula is C21H26FN3O5S. The zero-order valence-electron chi connectivity index (χ0n) is 16.9. The monoisotopic (exact) mass is 451 g/mol. The first-order chi connectivity index (χ1) is 14.9. The number of benzene rings is 1. The Morgan fingerprint density at radius 1 is 1.16 bits per heavy atom. The van der Waals surface area contributed by atoms with E-state index in [1.165, 1.54) is 12.1 Å². The van der Waals surface area contributed by atoms with E-state index in [2.05, 4.69) is 15.0 Å². The molecule has 31 heavy (non-hydrogen) atoms. The molecule has 1 fully saturated rings. The SMILES string of the molecule is O=C(C[C@H]1CC[C@H](NS(=O)(=O)c2ccc(F)cc2)[C@H](CO)O1)NCCc1ccncc1. The molecule has 2 aromatic rings. The average molecular weight is 452 g/mol. The Bertz CT molecular complexity index is 957. The fourth-order valence-electron chi connectivity index (χ4n) is 3.47. The average Bonchev–Trinajstić information content (AvgIpc) is 2.75. The summed E-state index contributed by atoms with van der Waals surface area (Å²) in [6.45, 7) is 0.0931. The number of amides is 1. The molecular weight excluding hydrogens is 425 g/mol. The molecule has 3 N–H and O–H groups in total. The highest BCUT2D eigenvalue weighted by Crippen LogP contribution is 2.23. The number of aliphatic hydroxyl groups is 1. The Morgan fingerprint density at radius 3 is 2.55 bits per heavy atom. The molecule has 3 rings (SSSR count). The third-order valence-electron chi connectivity index (χ3n) is 5.12. The van der Waals surface area contributed by atoms with E-state index in [-0.39, 0.29) is 17.2 Å². The number of rotatable bonds is 9. The Balaban J connectivity index is 1.48. The first-order valence-electron chi connectivity index (χ1n) is 10.1. The van der Waals surface area contributed by atoms with Gasteiger partial charge in [0.25, 0.3) is 0 Å². The number of aromatic nitrogens is 1. The molecule has 1 amide bonds. The van der Waals surface area contributed by atoms with Crippen molar-refractivity contribution < 1.29 is 27.4 Å². The predicted octanol–water partition coefficient (Wildman–Crippen LogP) is 1.16. The largest absolute Gasteiger partial charge is 0.394 e. The molecule has 3 atom stereocenters. The molecule has 0 radical (unpaired) electrons. The second-order valence-electron chi connectivity index (χ2n) is 7.40. The van der Waals surface area contributed by atoms with Crippen molar-refractivity contribution in [3.63, 3.8) is 0 Å². The fourth-order valence-corrected chi connectivity index (χ4v) is 4.77. The number of pyridine rings is 1. The number of nitrogens with zero attached hydrogens (tertiary/aromatic N) is 1. The minimum atomic E-state index is -3.89. The second kappa shape index (κ2) is 10.8. The highest BCUT2D eigenvalue weighted by atomic mass is 32.2. The molecule has 8 nitrogen and oxygen atoms in total. The molecule has 1 aromatic heterocycles. The molecule has 0 bridgehead atoms. The first kappa shape index (κ1) is 23.3. The van der Waals surface area contributed by atoms with Gasteiger partial charge in [0.2, 0.25) is 15.9 Å². The lowest BCUT2D eigenvalue weighted by molar-refractivity contribution is -0.130. The van der Waals surface area contributed by atoms with Gasteiger partial charge >= 0.3 is 0 Å². The molecule has 2 heterocycles. The third-order valence-corrected chi connectivity index (χ3v) is 6.63. The summed E-state index contributed by atoms with van der Waals surface area (Å²) in [6, 6.07) is 7.61. The van der Waals surface area contributed by atoms with E-state index < -0.39 is 40.7 Å². The summed E-state index contributed by atoms with van der Waals surface area (Å²) in [5, 5.41) is 12.5. The van der Waals surface area contributed by atoms with Gasteiger partial charge in [0.05, 0.1) is 36.2 Å². The predicted molar refractivity (Wildman–Crippen MR) is 111 cm³/mol. The number of hydrogen-bond acceptors (Lipinski definition) is 6.